The summed E-state index contributed by atoms with van der Waals surface area (Å²) in [7, 11) is -1.28. The van der Waals surface area contributed by atoms with Crippen molar-refractivity contribution in [3.63, 3.8) is 0 Å². The molecule has 0 aliphatic heterocycles. The van der Waals surface area contributed by atoms with Crippen LogP contribution < -0.4 is 0 Å². The van der Waals surface area contributed by atoms with E-state index in [1.165, 1.54) is 0 Å². The third-order valence-electron chi connectivity index (χ3n) is 3.06. The maximum Gasteiger partial charge on any atom is 0.140 e. The van der Waals surface area contributed by atoms with E-state index in [1.54, 1.807) is 30.3 Å². The lowest BCUT2D eigenvalue weighted by Crippen LogP contribution is -1.96. The molecule has 0 saturated heterocycles. The van der Waals surface area contributed by atoms with Crippen molar-refractivity contribution >= 4 is 57.1 Å². The molecule has 0 aliphatic rings. The van der Waals surface area contributed by atoms with Crippen LogP contribution in [0.3, 0.4) is 0 Å². The molecule has 1 heterocycles. The van der Waals surface area contributed by atoms with Crippen LogP contribution in [-0.2, 0) is 16.6 Å². The number of hydrogen-bond acceptors (Lipinski definition) is 4. The lowest BCUT2D eigenvalue weighted by atomic mass is 10.2. The summed E-state index contributed by atoms with van der Waals surface area (Å²) in [5.74, 6) is 0.360. The van der Waals surface area contributed by atoms with Crippen molar-refractivity contribution < 1.29 is 4.21 Å². The van der Waals surface area contributed by atoms with Crippen molar-refractivity contribution in [3.8, 4) is 11.3 Å². The van der Waals surface area contributed by atoms with Crippen LogP contribution in [0.25, 0.3) is 11.3 Å². The molecule has 0 N–H and O–H groups in total. The van der Waals surface area contributed by atoms with Gasteiger partial charge in [-0.1, -0.05) is 51.4 Å². The van der Waals surface area contributed by atoms with Crippen LogP contribution >= 0.6 is 46.3 Å². The SMILES string of the molecule is O=[S@](Cc1ccc(Cl)cc1)c1snnc1-c1ccc(Cl)cc1Cl. The molecule has 1 aromatic heterocycles. The van der Waals surface area contributed by atoms with E-state index in [2.05, 4.69) is 9.59 Å². The molecule has 0 fully saturated rings. The van der Waals surface area contributed by atoms with Gasteiger partial charge in [0.15, 0.2) is 0 Å². The summed E-state index contributed by atoms with van der Waals surface area (Å²) in [5.41, 5.74) is 2.13. The lowest BCUT2D eigenvalue weighted by molar-refractivity contribution is 0.684. The fourth-order valence-electron chi connectivity index (χ4n) is 1.97. The highest BCUT2D eigenvalue weighted by Crippen LogP contribution is 2.34. The molecule has 0 spiro atoms. The van der Waals surface area contributed by atoms with Gasteiger partial charge in [0.25, 0.3) is 0 Å². The molecule has 0 unspecified atom stereocenters. The summed E-state index contributed by atoms with van der Waals surface area (Å²) in [6.07, 6.45) is 0. The van der Waals surface area contributed by atoms with Gasteiger partial charge in [-0.05, 0) is 47.4 Å². The maximum absolute atomic E-state index is 12.7. The van der Waals surface area contributed by atoms with E-state index in [1.807, 2.05) is 12.1 Å². The van der Waals surface area contributed by atoms with Gasteiger partial charge in [-0.25, -0.2) is 0 Å². The fraction of sp³-hybridized carbons (Fsp3) is 0.0667. The van der Waals surface area contributed by atoms with E-state index < -0.39 is 10.8 Å². The molecular weight excluding hydrogens is 395 g/mol. The van der Waals surface area contributed by atoms with Crippen LogP contribution in [0.1, 0.15) is 5.56 Å². The lowest BCUT2D eigenvalue weighted by Gasteiger charge is -2.05. The molecule has 3 nitrogen and oxygen atoms in total. The minimum Gasteiger partial charge on any atom is -0.253 e. The molecule has 2 aromatic carbocycles. The Labute approximate surface area is 154 Å². The first-order valence-corrected chi connectivity index (χ1v) is 9.68. The summed E-state index contributed by atoms with van der Waals surface area (Å²) in [6.45, 7) is 0. The van der Waals surface area contributed by atoms with E-state index >= 15 is 0 Å². The second-order valence-corrected chi connectivity index (χ2v) is 8.33. The molecule has 3 rings (SSSR count). The molecule has 0 radical (unpaired) electrons. The first-order chi connectivity index (χ1) is 11.0. The van der Waals surface area contributed by atoms with Gasteiger partial charge in [0.1, 0.15) is 9.90 Å². The third-order valence-corrected chi connectivity index (χ3v) is 6.37. The minimum atomic E-state index is -1.28. The van der Waals surface area contributed by atoms with E-state index in [-0.39, 0.29) is 0 Å². The Hall–Kier alpha value is -0.980. The Morgan fingerprint density at radius 3 is 2.39 bits per heavy atom. The average molecular weight is 404 g/mol. The van der Waals surface area contributed by atoms with Gasteiger partial charge in [-0.15, -0.1) is 5.10 Å². The van der Waals surface area contributed by atoms with Crippen LogP contribution in [0.2, 0.25) is 15.1 Å². The predicted octanol–water partition coefficient (Wildman–Crippen LogP) is 5.47. The van der Waals surface area contributed by atoms with Gasteiger partial charge in [-0.2, -0.15) is 0 Å². The molecule has 1 atom stereocenters. The summed E-state index contributed by atoms with van der Waals surface area (Å²) in [6, 6.07) is 12.3. The molecule has 3 aromatic rings. The topological polar surface area (TPSA) is 42.9 Å². The Bertz CT molecular complexity index is 865. The van der Waals surface area contributed by atoms with Crippen molar-refractivity contribution in [1.82, 2.24) is 9.59 Å². The smallest absolute Gasteiger partial charge is 0.140 e. The second-order valence-electron chi connectivity index (χ2n) is 4.65. The number of nitrogens with zero attached hydrogens (tertiary/aromatic N) is 2. The Morgan fingerprint density at radius 2 is 1.70 bits per heavy atom. The van der Waals surface area contributed by atoms with Gasteiger partial charge in [-0.3, -0.25) is 4.21 Å². The number of halogens is 3. The van der Waals surface area contributed by atoms with Crippen LogP contribution in [-0.4, -0.2) is 13.8 Å². The number of rotatable bonds is 4. The largest absolute Gasteiger partial charge is 0.253 e. The molecule has 0 saturated carbocycles. The maximum atomic E-state index is 12.7. The van der Waals surface area contributed by atoms with Crippen molar-refractivity contribution in [2.75, 3.05) is 0 Å². The Kier molecular flexibility index (Phi) is 5.34. The van der Waals surface area contributed by atoms with Crippen molar-refractivity contribution in [3.05, 3.63) is 63.1 Å². The molecule has 0 amide bonds. The van der Waals surface area contributed by atoms with Crippen molar-refractivity contribution in [2.24, 2.45) is 0 Å². The van der Waals surface area contributed by atoms with Gasteiger partial charge >= 0.3 is 0 Å². The van der Waals surface area contributed by atoms with E-state index in [9.17, 15) is 4.21 Å². The summed E-state index contributed by atoms with van der Waals surface area (Å²) >= 11 is 19.1. The molecule has 0 aliphatic carbocycles. The number of aromatic nitrogens is 2. The fourth-order valence-corrected chi connectivity index (χ4v) is 4.63. The first-order valence-electron chi connectivity index (χ1n) is 6.45. The highest BCUT2D eigenvalue weighted by Gasteiger charge is 2.19. The summed E-state index contributed by atoms with van der Waals surface area (Å²) in [4.78, 5) is 0. The van der Waals surface area contributed by atoms with Crippen LogP contribution in [0.5, 0.6) is 0 Å². The first kappa shape index (κ1) is 16.9. The van der Waals surface area contributed by atoms with E-state index in [0.717, 1.165) is 17.1 Å². The van der Waals surface area contributed by atoms with E-state index in [4.69, 9.17) is 34.8 Å². The zero-order valence-electron chi connectivity index (χ0n) is 11.5. The van der Waals surface area contributed by atoms with Crippen molar-refractivity contribution in [1.29, 1.82) is 0 Å². The van der Waals surface area contributed by atoms with Crippen LogP contribution in [0.15, 0.2) is 46.7 Å². The number of benzene rings is 2. The van der Waals surface area contributed by atoms with Crippen LogP contribution in [0, 0.1) is 0 Å². The monoisotopic (exact) mass is 402 g/mol. The molecule has 23 heavy (non-hydrogen) atoms. The highest BCUT2D eigenvalue weighted by molar-refractivity contribution is 7.86. The minimum absolute atomic E-state index is 0.360. The summed E-state index contributed by atoms with van der Waals surface area (Å²) < 4.78 is 17.2. The van der Waals surface area contributed by atoms with Crippen LogP contribution in [0.4, 0.5) is 0 Å². The third kappa shape index (κ3) is 3.92. The molecular formula is C15H9Cl3N2OS2. The Balaban J connectivity index is 1.91. The quantitative estimate of drug-likeness (QED) is 0.580. The van der Waals surface area contributed by atoms with E-state index in [0.29, 0.717) is 36.3 Å². The Morgan fingerprint density at radius 1 is 1.00 bits per heavy atom. The van der Waals surface area contributed by atoms with Gasteiger partial charge in [0, 0.05) is 15.6 Å². The van der Waals surface area contributed by atoms with Crippen molar-refractivity contribution in [2.45, 2.75) is 9.96 Å². The second kappa shape index (κ2) is 7.28. The highest BCUT2D eigenvalue weighted by atomic mass is 35.5. The zero-order chi connectivity index (χ0) is 16.4. The molecule has 118 valence electrons. The molecule has 8 heteroatoms. The van der Waals surface area contributed by atoms with Gasteiger partial charge < -0.3 is 0 Å². The number of hydrogen-bond donors (Lipinski definition) is 0. The summed E-state index contributed by atoms with van der Waals surface area (Å²) in [5, 5.41) is 5.71. The van der Waals surface area contributed by atoms with Gasteiger partial charge in [0.05, 0.1) is 21.6 Å². The zero-order valence-corrected chi connectivity index (χ0v) is 15.4. The average Bonchev–Trinajstić information content (AvgIpc) is 2.99. The molecule has 0 bridgehead atoms. The standard InChI is InChI=1S/C15H9Cl3N2OS2/c16-10-3-1-9(2-4-10)8-23(21)15-14(19-20-22-15)12-6-5-11(17)7-13(12)18/h1-7H,8H2/t23-/m1/s1. The predicted molar refractivity (Wildman–Crippen MR) is 96.9 cm³/mol. The normalized spacial score (nSPS) is 12.3. The van der Waals surface area contributed by atoms with Gasteiger partial charge in [0.2, 0.25) is 0 Å².